The zero-order valence-corrected chi connectivity index (χ0v) is 9.52. The number of halogens is 1. The van der Waals surface area contributed by atoms with Crippen molar-refractivity contribution in [2.24, 2.45) is 0 Å². The van der Waals surface area contributed by atoms with Crippen LogP contribution in [-0.2, 0) is 0 Å². The lowest BCUT2D eigenvalue weighted by molar-refractivity contribution is 0.878. The van der Waals surface area contributed by atoms with Gasteiger partial charge in [0.05, 0.1) is 0 Å². The molecule has 7 heteroatoms. The van der Waals surface area contributed by atoms with E-state index in [0.717, 1.165) is 13.0 Å². The molecule has 2 aromatic rings. The SMILES string of the molecule is CCCNc1nc(Cl)nc(-n2ccnc2)n1. The maximum absolute atomic E-state index is 5.81. The van der Waals surface area contributed by atoms with Gasteiger partial charge in [0.2, 0.25) is 17.2 Å². The highest BCUT2D eigenvalue weighted by Crippen LogP contribution is 2.09. The van der Waals surface area contributed by atoms with Crippen molar-refractivity contribution in [2.75, 3.05) is 11.9 Å². The highest BCUT2D eigenvalue weighted by Gasteiger charge is 2.05. The van der Waals surface area contributed by atoms with Crippen molar-refractivity contribution in [1.82, 2.24) is 24.5 Å². The summed E-state index contributed by atoms with van der Waals surface area (Å²) in [6.45, 7) is 2.86. The zero-order chi connectivity index (χ0) is 11.4. The van der Waals surface area contributed by atoms with Gasteiger partial charge in [-0.15, -0.1) is 0 Å². The minimum Gasteiger partial charge on any atom is -0.354 e. The van der Waals surface area contributed by atoms with Crippen molar-refractivity contribution < 1.29 is 0 Å². The van der Waals surface area contributed by atoms with Gasteiger partial charge in [-0.05, 0) is 18.0 Å². The average molecular weight is 239 g/mol. The summed E-state index contributed by atoms with van der Waals surface area (Å²) in [6, 6.07) is 0. The molecular formula is C9H11ClN6. The molecule has 2 rings (SSSR count). The summed E-state index contributed by atoms with van der Waals surface area (Å²) >= 11 is 5.81. The third-order valence-electron chi connectivity index (χ3n) is 1.86. The van der Waals surface area contributed by atoms with Gasteiger partial charge < -0.3 is 5.32 Å². The summed E-state index contributed by atoms with van der Waals surface area (Å²) in [5, 5.41) is 3.22. The summed E-state index contributed by atoms with van der Waals surface area (Å²) in [7, 11) is 0. The number of imidazole rings is 1. The zero-order valence-electron chi connectivity index (χ0n) is 8.76. The minimum absolute atomic E-state index is 0.164. The molecule has 0 radical (unpaired) electrons. The third-order valence-corrected chi connectivity index (χ3v) is 2.03. The summed E-state index contributed by atoms with van der Waals surface area (Å²) in [4.78, 5) is 16.1. The molecule has 84 valence electrons. The molecule has 0 amide bonds. The monoisotopic (exact) mass is 238 g/mol. The quantitative estimate of drug-likeness (QED) is 0.875. The molecule has 0 saturated heterocycles. The van der Waals surface area contributed by atoms with Crippen LogP contribution in [0.1, 0.15) is 13.3 Å². The van der Waals surface area contributed by atoms with Crippen LogP contribution in [0.4, 0.5) is 5.95 Å². The van der Waals surface area contributed by atoms with Crippen LogP contribution in [0.25, 0.3) is 5.95 Å². The first-order valence-electron chi connectivity index (χ1n) is 4.93. The molecule has 2 heterocycles. The highest BCUT2D eigenvalue weighted by molar-refractivity contribution is 6.28. The molecule has 0 atom stereocenters. The topological polar surface area (TPSA) is 68.5 Å². The first kappa shape index (κ1) is 10.8. The van der Waals surface area contributed by atoms with Crippen molar-refractivity contribution in [1.29, 1.82) is 0 Å². The van der Waals surface area contributed by atoms with Crippen LogP contribution >= 0.6 is 11.6 Å². The van der Waals surface area contributed by atoms with Crippen LogP contribution in [-0.4, -0.2) is 31.0 Å². The van der Waals surface area contributed by atoms with Gasteiger partial charge >= 0.3 is 0 Å². The Morgan fingerprint density at radius 1 is 1.38 bits per heavy atom. The summed E-state index contributed by atoms with van der Waals surface area (Å²) in [5.41, 5.74) is 0. The molecule has 0 spiro atoms. The third kappa shape index (κ3) is 2.46. The summed E-state index contributed by atoms with van der Waals surface area (Å²) < 4.78 is 1.67. The molecule has 6 nitrogen and oxygen atoms in total. The Hall–Kier alpha value is -1.69. The van der Waals surface area contributed by atoms with Crippen molar-refractivity contribution in [3.05, 3.63) is 24.0 Å². The van der Waals surface area contributed by atoms with E-state index in [2.05, 4.69) is 32.2 Å². The Morgan fingerprint density at radius 2 is 2.25 bits per heavy atom. The second-order valence-corrected chi connectivity index (χ2v) is 3.46. The Kier molecular flexibility index (Phi) is 3.31. The van der Waals surface area contributed by atoms with Crippen molar-refractivity contribution in [3.8, 4) is 5.95 Å². The van der Waals surface area contributed by atoms with Gasteiger partial charge in [-0.3, -0.25) is 4.57 Å². The van der Waals surface area contributed by atoms with Crippen molar-refractivity contribution >= 4 is 17.5 Å². The largest absolute Gasteiger partial charge is 0.354 e. The van der Waals surface area contributed by atoms with E-state index in [-0.39, 0.29) is 5.28 Å². The normalized spacial score (nSPS) is 10.4. The fourth-order valence-corrected chi connectivity index (χ4v) is 1.30. The number of hydrogen-bond acceptors (Lipinski definition) is 5. The molecule has 0 fully saturated rings. The molecule has 1 N–H and O–H groups in total. The van der Waals surface area contributed by atoms with Crippen molar-refractivity contribution in [3.63, 3.8) is 0 Å². The van der Waals surface area contributed by atoms with Crippen LogP contribution in [0.3, 0.4) is 0 Å². The minimum atomic E-state index is 0.164. The summed E-state index contributed by atoms with van der Waals surface area (Å²) in [5.74, 6) is 0.932. The number of nitrogens with zero attached hydrogens (tertiary/aromatic N) is 5. The van der Waals surface area contributed by atoms with E-state index in [1.807, 2.05) is 0 Å². The van der Waals surface area contributed by atoms with E-state index in [9.17, 15) is 0 Å². The number of hydrogen-bond donors (Lipinski definition) is 1. The molecule has 0 aliphatic heterocycles. The molecule has 0 unspecified atom stereocenters. The standard InChI is InChI=1S/C9H11ClN6/c1-2-3-12-8-13-7(10)14-9(15-8)16-5-4-11-6-16/h4-6H,2-3H2,1H3,(H,12,13,14,15). The van der Waals surface area contributed by atoms with Gasteiger partial charge in [-0.2, -0.15) is 15.0 Å². The summed E-state index contributed by atoms with van der Waals surface area (Å²) in [6.07, 6.45) is 5.99. The van der Waals surface area contributed by atoms with Gasteiger partial charge in [0.25, 0.3) is 0 Å². The number of anilines is 1. The van der Waals surface area contributed by atoms with Gasteiger partial charge in [0.15, 0.2) is 0 Å². The van der Waals surface area contributed by atoms with E-state index in [4.69, 9.17) is 11.6 Å². The lowest BCUT2D eigenvalue weighted by atomic mass is 10.5. The van der Waals surface area contributed by atoms with Gasteiger partial charge in [-0.25, -0.2) is 4.98 Å². The number of nitrogens with one attached hydrogen (secondary N) is 1. The second kappa shape index (κ2) is 4.89. The second-order valence-electron chi connectivity index (χ2n) is 3.12. The smallest absolute Gasteiger partial charge is 0.241 e. The van der Waals surface area contributed by atoms with Crippen LogP contribution in [0.2, 0.25) is 5.28 Å². The van der Waals surface area contributed by atoms with Crippen LogP contribution < -0.4 is 5.32 Å². The predicted molar refractivity (Wildman–Crippen MR) is 60.7 cm³/mol. The Balaban J connectivity index is 2.29. The number of rotatable bonds is 4. The first-order valence-corrected chi connectivity index (χ1v) is 5.31. The van der Waals surface area contributed by atoms with Gasteiger partial charge in [0.1, 0.15) is 6.33 Å². The Morgan fingerprint density at radius 3 is 2.94 bits per heavy atom. The molecule has 0 aliphatic carbocycles. The van der Waals surface area contributed by atoms with Crippen LogP contribution in [0.5, 0.6) is 0 Å². The lowest BCUT2D eigenvalue weighted by Gasteiger charge is -2.05. The van der Waals surface area contributed by atoms with Crippen molar-refractivity contribution in [2.45, 2.75) is 13.3 Å². The predicted octanol–water partition coefficient (Wildman–Crippen LogP) is 1.53. The Bertz CT molecular complexity index is 455. The maximum atomic E-state index is 5.81. The van der Waals surface area contributed by atoms with E-state index >= 15 is 0 Å². The van der Waals surface area contributed by atoms with Crippen LogP contribution in [0.15, 0.2) is 18.7 Å². The maximum Gasteiger partial charge on any atom is 0.241 e. The van der Waals surface area contributed by atoms with E-state index in [0.29, 0.717) is 11.9 Å². The van der Waals surface area contributed by atoms with Crippen LogP contribution in [0, 0.1) is 0 Å². The fraction of sp³-hybridized carbons (Fsp3) is 0.333. The molecular weight excluding hydrogens is 228 g/mol. The molecule has 0 aliphatic rings. The first-order chi connectivity index (χ1) is 7.79. The average Bonchev–Trinajstić information content (AvgIpc) is 2.79. The molecule has 2 aromatic heterocycles. The van der Waals surface area contributed by atoms with E-state index in [1.165, 1.54) is 0 Å². The molecule has 0 saturated carbocycles. The number of aromatic nitrogens is 5. The fourth-order valence-electron chi connectivity index (χ4n) is 1.15. The van der Waals surface area contributed by atoms with E-state index in [1.54, 1.807) is 23.3 Å². The molecule has 0 aromatic carbocycles. The Labute approximate surface area is 97.7 Å². The highest BCUT2D eigenvalue weighted by atomic mass is 35.5. The molecule has 16 heavy (non-hydrogen) atoms. The molecule has 0 bridgehead atoms. The van der Waals surface area contributed by atoms with Gasteiger partial charge in [-0.1, -0.05) is 6.92 Å². The lowest BCUT2D eigenvalue weighted by Crippen LogP contribution is -2.08. The van der Waals surface area contributed by atoms with Gasteiger partial charge in [0, 0.05) is 18.9 Å². The van der Waals surface area contributed by atoms with E-state index < -0.39 is 0 Å².